The molecule has 112 valence electrons. The molecule has 0 radical (unpaired) electrons. The van der Waals surface area contributed by atoms with Crippen molar-refractivity contribution in [3.05, 3.63) is 53.1 Å². The normalized spacial score (nSPS) is 13.3. The summed E-state index contributed by atoms with van der Waals surface area (Å²) in [4.78, 5) is 3.97. The SMILES string of the molecule is Cc1ccc(-c2cc(C)ncc2F)c(C(O)C(C)(C)C)c1. The monoisotopic (exact) mass is 287 g/mol. The highest BCUT2D eigenvalue weighted by Gasteiger charge is 2.27. The van der Waals surface area contributed by atoms with Crippen molar-refractivity contribution < 1.29 is 9.50 Å². The topological polar surface area (TPSA) is 33.1 Å². The molecule has 2 nitrogen and oxygen atoms in total. The lowest BCUT2D eigenvalue weighted by atomic mass is 9.81. The molecular formula is C18H22FNO. The van der Waals surface area contributed by atoms with E-state index in [-0.39, 0.29) is 11.2 Å². The Morgan fingerprint density at radius 2 is 1.76 bits per heavy atom. The lowest BCUT2D eigenvalue weighted by Gasteiger charge is -2.28. The van der Waals surface area contributed by atoms with Crippen LogP contribution in [0.4, 0.5) is 4.39 Å². The van der Waals surface area contributed by atoms with Gasteiger partial charge in [0.05, 0.1) is 12.3 Å². The van der Waals surface area contributed by atoms with E-state index in [1.54, 1.807) is 6.07 Å². The lowest BCUT2D eigenvalue weighted by molar-refractivity contribution is 0.0631. The molecule has 0 saturated carbocycles. The highest BCUT2D eigenvalue weighted by molar-refractivity contribution is 5.69. The van der Waals surface area contributed by atoms with Crippen molar-refractivity contribution >= 4 is 0 Å². The van der Waals surface area contributed by atoms with Crippen LogP contribution in [0, 0.1) is 25.1 Å². The Morgan fingerprint density at radius 3 is 2.38 bits per heavy atom. The minimum atomic E-state index is -0.666. The molecule has 0 amide bonds. The summed E-state index contributed by atoms with van der Waals surface area (Å²) in [6.45, 7) is 9.71. The second-order valence-corrected chi connectivity index (χ2v) is 6.66. The predicted octanol–water partition coefficient (Wildman–Crippen LogP) is 4.58. The molecule has 1 aromatic carbocycles. The van der Waals surface area contributed by atoms with Crippen LogP contribution >= 0.6 is 0 Å². The molecule has 1 aromatic heterocycles. The third-order valence-corrected chi connectivity index (χ3v) is 3.60. The number of hydrogen-bond acceptors (Lipinski definition) is 2. The largest absolute Gasteiger partial charge is 0.388 e. The summed E-state index contributed by atoms with van der Waals surface area (Å²) in [5, 5.41) is 10.6. The number of halogens is 1. The van der Waals surface area contributed by atoms with Crippen LogP contribution in [0.25, 0.3) is 11.1 Å². The van der Waals surface area contributed by atoms with E-state index in [0.29, 0.717) is 5.56 Å². The Bertz CT molecular complexity index is 659. The molecule has 1 heterocycles. The molecule has 0 spiro atoms. The van der Waals surface area contributed by atoms with E-state index in [2.05, 4.69) is 4.98 Å². The summed E-state index contributed by atoms with van der Waals surface area (Å²) in [6.07, 6.45) is 0.567. The number of benzene rings is 1. The van der Waals surface area contributed by atoms with Gasteiger partial charge in [0.1, 0.15) is 5.82 Å². The van der Waals surface area contributed by atoms with E-state index in [4.69, 9.17) is 0 Å². The molecule has 0 aliphatic rings. The summed E-state index contributed by atoms with van der Waals surface area (Å²) in [7, 11) is 0. The van der Waals surface area contributed by atoms with E-state index < -0.39 is 6.10 Å². The molecular weight excluding hydrogens is 265 g/mol. The molecule has 21 heavy (non-hydrogen) atoms. The maximum Gasteiger partial charge on any atom is 0.149 e. The zero-order valence-corrected chi connectivity index (χ0v) is 13.2. The van der Waals surface area contributed by atoms with E-state index in [9.17, 15) is 9.50 Å². The van der Waals surface area contributed by atoms with Crippen LogP contribution in [0.1, 0.15) is 43.7 Å². The van der Waals surface area contributed by atoms with Gasteiger partial charge in [-0.1, -0.05) is 44.5 Å². The fourth-order valence-corrected chi connectivity index (χ4v) is 2.37. The second-order valence-electron chi connectivity index (χ2n) is 6.66. The van der Waals surface area contributed by atoms with Gasteiger partial charge in [-0.15, -0.1) is 0 Å². The molecule has 1 atom stereocenters. The van der Waals surface area contributed by atoms with Gasteiger partial charge in [-0.2, -0.15) is 0 Å². The zero-order chi connectivity index (χ0) is 15.8. The number of nitrogens with zero attached hydrogens (tertiary/aromatic N) is 1. The average Bonchev–Trinajstić information content (AvgIpc) is 2.40. The van der Waals surface area contributed by atoms with Crippen molar-refractivity contribution in [2.45, 2.75) is 40.7 Å². The van der Waals surface area contributed by atoms with Crippen LogP contribution in [0.3, 0.4) is 0 Å². The van der Waals surface area contributed by atoms with Crippen molar-refractivity contribution in [3.8, 4) is 11.1 Å². The van der Waals surface area contributed by atoms with Gasteiger partial charge in [0, 0.05) is 11.3 Å². The van der Waals surface area contributed by atoms with Crippen molar-refractivity contribution in [3.63, 3.8) is 0 Å². The van der Waals surface area contributed by atoms with Gasteiger partial charge >= 0.3 is 0 Å². The third kappa shape index (κ3) is 3.30. The first-order valence-corrected chi connectivity index (χ1v) is 7.11. The molecule has 2 rings (SSSR count). The summed E-state index contributed by atoms with van der Waals surface area (Å²) in [5.41, 5.74) is 3.45. The first-order chi connectivity index (χ1) is 9.70. The first-order valence-electron chi connectivity index (χ1n) is 7.11. The first kappa shape index (κ1) is 15.6. The van der Waals surface area contributed by atoms with Gasteiger partial charge in [-0.3, -0.25) is 4.98 Å². The maximum absolute atomic E-state index is 14.2. The number of hydrogen-bond donors (Lipinski definition) is 1. The highest BCUT2D eigenvalue weighted by atomic mass is 19.1. The molecule has 0 aliphatic heterocycles. The van der Waals surface area contributed by atoms with Crippen LogP contribution in [-0.2, 0) is 0 Å². The molecule has 0 fully saturated rings. The van der Waals surface area contributed by atoms with Gasteiger partial charge in [0.2, 0.25) is 0 Å². The average molecular weight is 287 g/mol. The number of rotatable bonds is 2. The van der Waals surface area contributed by atoms with Gasteiger partial charge in [0.25, 0.3) is 0 Å². The number of aromatic nitrogens is 1. The van der Waals surface area contributed by atoms with Crippen LogP contribution in [-0.4, -0.2) is 10.1 Å². The number of aryl methyl sites for hydroxylation is 2. The summed E-state index contributed by atoms with van der Waals surface area (Å²) in [5.74, 6) is -0.369. The third-order valence-electron chi connectivity index (χ3n) is 3.60. The van der Waals surface area contributed by atoms with Crippen LogP contribution in [0.5, 0.6) is 0 Å². The van der Waals surface area contributed by atoms with Gasteiger partial charge in [-0.25, -0.2) is 4.39 Å². The Balaban J connectivity index is 2.67. The summed E-state index contributed by atoms with van der Waals surface area (Å²) in [6, 6.07) is 7.46. The minimum absolute atomic E-state index is 0.318. The van der Waals surface area contributed by atoms with Crippen molar-refractivity contribution in [1.82, 2.24) is 4.98 Å². The highest BCUT2D eigenvalue weighted by Crippen LogP contribution is 2.39. The Hall–Kier alpha value is -1.74. The predicted molar refractivity (Wildman–Crippen MR) is 83.5 cm³/mol. The van der Waals surface area contributed by atoms with E-state index in [1.807, 2.05) is 52.8 Å². The maximum atomic E-state index is 14.2. The molecule has 1 unspecified atom stereocenters. The molecule has 1 N–H and O–H groups in total. The summed E-state index contributed by atoms with van der Waals surface area (Å²) < 4.78 is 14.2. The molecule has 0 aliphatic carbocycles. The second kappa shape index (κ2) is 5.57. The van der Waals surface area contributed by atoms with Crippen molar-refractivity contribution in [1.29, 1.82) is 0 Å². The fraction of sp³-hybridized carbons (Fsp3) is 0.389. The zero-order valence-electron chi connectivity index (χ0n) is 13.2. The Kier molecular flexibility index (Phi) is 4.15. The number of aliphatic hydroxyl groups excluding tert-OH is 1. The van der Waals surface area contributed by atoms with E-state index >= 15 is 0 Å². The smallest absolute Gasteiger partial charge is 0.149 e. The van der Waals surface area contributed by atoms with E-state index in [1.165, 1.54) is 6.20 Å². The number of pyridine rings is 1. The van der Waals surface area contributed by atoms with Gasteiger partial charge < -0.3 is 5.11 Å². The fourth-order valence-electron chi connectivity index (χ4n) is 2.37. The lowest BCUT2D eigenvalue weighted by Crippen LogP contribution is -2.18. The van der Waals surface area contributed by atoms with Gasteiger partial charge in [-0.05, 0) is 36.5 Å². The van der Waals surface area contributed by atoms with Crippen molar-refractivity contribution in [2.75, 3.05) is 0 Å². The van der Waals surface area contributed by atoms with Gasteiger partial charge in [0.15, 0.2) is 0 Å². The van der Waals surface area contributed by atoms with Crippen molar-refractivity contribution in [2.24, 2.45) is 5.41 Å². The van der Waals surface area contributed by atoms with Crippen LogP contribution < -0.4 is 0 Å². The number of aliphatic hydroxyl groups is 1. The van der Waals surface area contributed by atoms with E-state index in [0.717, 1.165) is 22.4 Å². The molecule has 2 aromatic rings. The Labute approximate surface area is 125 Å². The molecule has 3 heteroatoms. The minimum Gasteiger partial charge on any atom is -0.388 e. The Morgan fingerprint density at radius 1 is 1.10 bits per heavy atom. The summed E-state index contributed by atoms with van der Waals surface area (Å²) >= 11 is 0. The molecule has 0 bridgehead atoms. The van der Waals surface area contributed by atoms with Crippen LogP contribution in [0.15, 0.2) is 30.5 Å². The standard InChI is InChI=1S/C18H22FNO/c1-11-6-7-13(14-9-12(2)20-10-16(14)19)15(8-11)17(21)18(3,4)5/h6-10,17,21H,1-5H3. The molecule has 0 saturated heterocycles. The van der Waals surface area contributed by atoms with Crippen LogP contribution in [0.2, 0.25) is 0 Å². The quantitative estimate of drug-likeness (QED) is 0.876.